The van der Waals surface area contributed by atoms with Crippen LogP contribution >= 0.6 is 15.9 Å². The summed E-state index contributed by atoms with van der Waals surface area (Å²) in [7, 11) is 0. The fraction of sp³-hybridized carbons (Fsp3) is 0.200. The van der Waals surface area contributed by atoms with Gasteiger partial charge in [-0.3, -0.25) is 0 Å². The third-order valence-electron chi connectivity index (χ3n) is 4.23. The van der Waals surface area contributed by atoms with Gasteiger partial charge in [0.1, 0.15) is 0 Å². The highest BCUT2D eigenvalue weighted by atomic mass is 79.9. The molecule has 3 rings (SSSR count). The van der Waals surface area contributed by atoms with E-state index in [1.165, 1.54) is 17.7 Å². The van der Waals surface area contributed by atoms with Gasteiger partial charge in [-0.2, -0.15) is 13.2 Å². The maximum atomic E-state index is 12.8. The molecule has 0 N–H and O–H groups in total. The lowest BCUT2D eigenvalue weighted by molar-refractivity contribution is -0.137. The number of aryl methyl sites for hydroxylation is 2. The van der Waals surface area contributed by atoms with Crippen LogP contribution in [0.1, 0.15) is 23.6 Å². The molecule has 3 aromatic rings. The first-order chi connectivity index (χ1) is 11.3. The van der Waals surface area contributed by atoms with Crippen LogP contribution in [0.5, 0.6) is 0 Å². The van der Waals surface area contributed by atoms with E-state index in [1.807, 2.05) is 25.1 Å². The molecular formula is C20H16BrF3. The van der Waals surface area contributed by atoms with Gasteiger partial charge >= 0.3 is 6.18 Å². The zero-order chi connectivity index (χ0) is 17.5. The lowest BCUT2D eigenvalue weighted by Gasteiger charge is -2.14. The van der Waals surface area contributed by atoms with Gasteiger partial charge in [-0.1, -0.05) is 58.7 Å². The van der Waals surface area contributed by atoms with Crippen molar-refractivity contribution in [3.63, 3.8) is 0 Å². The molecule has 0 aliphatic carbocycles. The van der Waals surface area contributed by atoms with Gasteiger partial charge < -0.3 is 0 Å². The Morgan fingerprint density at radius 3 is 2.17 bits per heavy atom. The summed E-state index contributed by atoms with van der Waals surface area (Å²) in [6, 6.07) is 13.6. The van der Waals surface area contributed by atoms with Crippen LogP contribution in [0.3, 0.4) is 0 Å². The second kappa shape index (κ2) is 6.25. The minimum absolute atomic E-state index is 0.629. The molecule has 0 fully saturated rings. The summed E-state index contributed by atoms with van der Waals surface area (Å²) in [6.07, 6.45) is -3.43. The molecule has 0 aromatic heterocycles. The van der Waals surface area contributed by atoms with Gasteiger partial charge in [0.05, 0.1) is 5.56 Å². The summed E-state index contributed by atoms with van der Waals surface area (Å²) >= 11 is 3.62. The highest BCUT2D eigenvalue weighted by molar-refractivity contribution is 9.10. The molecule has 0 aliphatic rings. The van der Waals surface area contributed by atoms with Crippen molar-refractivity contribution in [3.05, 3.63) is 69.7 Å². The summed E-state index contributed by atoms with van der Waals surface area (Å²) in [5.41, 5.74) is 3.46. The predicted octanol–water partition coefficient (Wildman–Crippen LogP) is 7.16. The van der Waals surface area contributed by atoms with Crippen molar-refractivity contribution in [1.82, 2.24) is 0 Å². The average Bonchev–Trinajstić information content (AvgIpc) is 2.53. The van der Waals surface area contributed by atoms with Crippen molar-refractivity contribution in [2.75, 3.05) is 0 Å². The van der Waals surface area contributed by atoms with Crippen LogP contribution in [0.15, 0.2) is 53.0 Å². The summed E-state index contributed by atoms with van der Waals surface area (Å²) in [5.74, 6) is 0. The van der Waals surface area contributed by atoms with Gasteiger partial charge in [-0.15, -0.1) is 0 Å². The Bertz CT molecular complexity index is 893. The van der Waals surface area contributed by atoms with Gasteiger partial charge in [0, 0.05) is 4.47 Å². The molecule has 4 heteroatoms. The molecule has 0 spiro atoms. The number of hydrogen-bond donors (Lipinski definition) is 0. The largest absolute Gasteiger partial charge is 0.416 e. The van der Waals surface area contributed by atoms with Crippen molar-refractivity contribution in [3.8, 4) is 11.1 Å². The molecule has 0 saturated carbocycles. The topological polar surface area (TPSA) is 0 Å². The van der Waals surface area contributed by atoms with E-state index in [1.54, 1.807) is 0 Å². The highest BCUT2D eigenvalue weighted by Crippen LogP contribution is 2.37. The number of alkyl halides is 3. The summed E-state index contributed by atoms with van der Waals surface area (Å²) in [6.45, 7) is 4.14. The van der Waals surface area contributed by atoms with Crippen molar-refractivity contribution in [2.45, 2.75) is 26.4 Å². The van der Waals surface area contributed by atoms with Crippen LogP contribution in [-0.2, 0) is 12.6 Å². The van der Waals surface area contributed by atoms with Gasteiger partial charge in [-0.25, -0.2) is 0 Å². The maximum Gasteiger partial charge on any atom is 0.416 e. The summed E-state index contributed by atoms with van der Waals surface area (Å²) < 4.78 is 39.3. The van der Waals surface area contributed by atoms with Crippen LogP contribution < -0.4 is 0 Å². The first kappa shape index (κ1) is 17.0. The molecule has 3 aromatic carbocycles. The minimum Gasteiger partial charge on any atom is -0.166 e. The van der Waals surface area contributed by atoms with Crippen LogP contribution in [0.2, 0.25) is 0 Å². The third kappa shape index (κ3) is 3.07. The zero-order valence-corrected chi connectivity index (χ0v) is 14.9. The van der Waals surface area contributed by atoms with E-state index in [-0.39, 0.29) is 0 Å². The first-order valence-corrected chi connectivity index (χ1v) is 8.50. The second-order valence-corrected chi connectivity index (χ2v) is 6.72. The van der Waals surface area contributed by atoms with Crippen molar-refractivity contribution in [1.29, 1.82) is 0 Å². The van der Waals surface area contributed by atoms with Crippen molar-refractivity contribution in [2.24, 2.45) is 0 Å². The van der Waals surface area contributed by atoms with Crippen LogP contribution in [0, 0.1) is 6.92 Å². The quantitative estimate of drug-likeness (QED) is 0.433. The Morgan fingerprint density at radius 2 is 1.58 bits per heavy atom. The molecule has 0 heterocycles. The Balaban J connectivity index is 2.23. The van der Waals surface area contributed by atoms with Gasteiger partial charge in [-0.05, 0) is 59.0 Å². The fourth-order valence-corrected chi connectivity index (χ4v) is 3.72. The number of hydrogen-bond acceptors (Lipinski definition) is 0. The van der Waals surface area contributed by atoms with Gasteiger partial charge in [0.25, 0.3) is 0 Å². The third-order valence-corrected chi connectivity index (χ3v) is 4.93. The van der Waals surface area contributed by atoms with E-state index >= 15 is 0 Å². The Labute approximate surface area is 147 Å². The van der Waals surface area contributed by atoms with Crippen molar-refractivity contribution >= 4 is 26.7 Å². The molecule has 0 radical (unpaired) electrons. The van der Waals surface area contributed by atoms with E-state index in [9.17, 15) is 13.2 Å². The van der Waals surface area contributed by atoms with E-state index in [4.69, 9.17) is 0 Å². The normalized spacial score (nSPS) is 11.9. The smallest absolute Gasteiger partial charge is 0.166 e. The number of benzene rings is 3. The second-order valence-electron chi connectivity index (χ2n) is 5.86. The predicted molar refractivity (Wildman–Crippen MR) is 96.2 cm³/mol. The molecule has 24 heavy (non-hydrogen) atoms. The standard InChI is InChI=1S/C20H16BrF3/c1-3-15-18-10-12(2)4-9-16(18)17(11-19(15)21)13-5-7-14(8-6-13)20(22,23)24/h4-11H,3H2,1-2H3. The van der Waals surface area contributed by atoms with Crippen LogP contribution in [-0.4, -0.2) is 0 Å². The van der Waals surface area contributed by atoms with Crippen molar-refractivity contribution < 1.29 is 13.2 Å². The maximum absolute atomic E-state index is 12.8. The summed E-state index contributed by atoms with van der Waals surface area (Å²) in [5, 5.41) is 2.20. The Hall–Kier alpha value is -1.81. The van der Waals surface area contributed by atoms with Crippen LogP contribution in [0.4, 0.5) is 13.2 Å². The molecule has 0 bridgehead atoms. The fourth-order valence-electron chi connectivity index (χ4n) is 3.00. The molecule has 0 saturated heterocycles. The highest BCUT2D eigenvalue weighted by Gasteiger charge is 2.30. The van der Waals surface area contributed by atoms with E-state index in [2.05, 4.69) is 28.9 Å². The van der Waals surface area contributed by atoms with Gasteiger partial charge in [0.15, 0.2) is 0 Å². The molecule has 124 valence electrons. The number of halogens is 4. The molecular weight excluding hydrogens is 377 g/mol. The van der Waals surface area contributed by atoms with E-state index < -0.39 is 11.7 Å². The molecule has 0 unspecified atom stereocenters. The zero-order valence-electron chi connectivity index (χ0n) is 13.3. The number of rotatable bonds is 2. The molecule has 0 aliphatic heterocycles. The summed E-state index contributed by atoms with van der Waals surface area (Å²) in [4.78, 5) is 0. The molecule has 0 atom stereocenters. The minimum atomic E-state index is -4.32. The van der Waals surface area contributed by atoms with E-state index in [0.717, 1.165) is 50.5 Å². The lowest BCUT2D eigenvalue weighted by Crippen LogP contribution is -2.04. The van der Waals surface area contributed by atoms with Crippen LogP contribution in [0.25, 0.3) is 21.9 Å². The average molecular weight is 393 g/mol. The Morgan fingerprint density at radius 1 is 0.917 bits per heavy atom. The lowest BCUT2D eigenvalue weighted by atomic mass is 9.92. The monoisotopic (exact) mass is 392 g/mol. The Kier molecular flexibility index (Phi) is 4.43. The number of fused-ring (bicyclic) bond motifs is 1. The SMILES string of the molecule is CCc1c(Br)cc(-c2ccc(C(F)(F)F)cc2)c2ccc(C)cc12. The van der Waals surface area contributed by atoms with E-state index in [0.29, 0.717) is 0 Å². The molecule has 0 nitrogen and oxygen atoms in total. The van der Waals surface area contributed by atoms with Gasteiger partial charge in [0.2, 0.25) is 0 Å². The molecule has 0 amide bonds. The first-order valence-electron chi connectivity index (χ1n) is 7.70.